The number of hydrogen-bond acceptors (Lipinski definition) is 5. The van der Waals surface area contributed by atoms with Gasteiger partial charge in [-0.25, -0.2) is 4.98 Å². The van der Waals surface area contributed by atoms with E-state index in [2.05, 4.69) is 39.7 Å². The van der Waals surface area contributed by atoms with Crippen LogP contribution in [0, 0.1) is 6.92 Å². The Morgan fingerprint density at radius 2 is 2.07 bits per heavy atom. The molecular formula is C20H23N5OS2. The summed E-state index contributed by atoms with van der Waals surface area (Å²) in [5.74, 6) is 0.333. The molecule has 3 aromatic rings. The first-order valence-corrected chi connectivity index (χ1v) is 10.6. The number of nitrogens with zero attached hydrogens (tertiary/aromatic N) is 2. The zero-order chi connectivity index (χ0) is 19.9. The molecule has 146 valence electrons. The number of hydrogen-bond donors (Lipinski definition) is 3. The second kappa shape index (κ2) is 9.48. The summed E-state index contributed by atoms with van der Waals surface area (Å²) >= 11 is 3.10. The van der Waals surface area contributed by atoms with Crippen molar-refractivity contribution in [3.05, 3.63) is 57.8 Å². The Labute approximate surface area is 172 Å². The molecule has 0 aliphatic carbocycles. The summed E-state index contributed by atoms with van der Waals surface area (Å²) in [6, 6.07) is 12.3. The predicted octanol–water partition coefficient (Wildman–Crippen LogP) is 3.79. The van der Waals surface area contributed by atoms with Crippen LogP contribution < -0.4 is 16.4 Å². The van der Waals surface area contributed by atoms with Gasteiger partial charge >= 0.3 is 0 Å². The first-order chi connectivity index (χ1) is 13.5. The third kappa shape index (κ3) is 5.64. The van der Waals surface area contributed by atoms with Gasteiger partial charge < -0.3 is 16.4 Å². The van der Waals surface area contributed by atoms with E-state index in [1.807, 2.05) is 29.6 Å². The number of benzene rings is 1. The topological polar surface area (TPSA) is 92.4 Å². The van der Waals surface area contributed by atoms with E-state index in [-0.39, 0.29) is 5.91 Å². The normalized spacial score (nSPS) is 11.4. The molecule has 0 spiro atoms. The highest BCUT2D eigenvalue weighted by Crippen LogP contribution is 2.30. The number of nitrogens with one attached hydrogen (secondary N) is 2. The number of aryl methyl sites for hydroxylation is 1. The monoisotopic (exact) mass is 413 g/mol. The highest BCUT2D eigenvalue weighted by Gasteiger charge is 2.09. The van der Waals surface area contributed by atoms with Crippen molar-refractivity contribution in [2.45, 2.75) is 26.8 Å². The number of amides is 1. The van der Waals surface area contributed by atoms with Gasteiger partial charge in [0.2, 0.25) is 5.91 Å². The number of carbonyl (C=O) groups excluding carboxylic acids is 1. The first kappa shape index (κ1) is 20.0. The fourth-order valence-corrected chi connectivity index (χ4v) is 4.30. The van der Waals surface area contributed by atoms with Crippen LogP contribution in [0.2, 0.25) is 0 Å². The first-order valence-electron chi connectivity index (χ1n) is 8.92. The second-order valence-electron chi connectivity index (χ2n) is 6.28. The number of anilines is 1. The fraction of sp³-hybridized carbons (Fsp3) is 0.250. The van der Waals surface area contributed by atoms with Crippen LogP contribution in [0.15, 0.2) is 46.8 Å². The average molecular weight is 414 g/mol. The molecule has 28 heavy (non-hydrogen) atoms. The van der Waals surface area contributed by atoms with Crippen molar-refractivity contribution < 1.29 is 4.79 Å². The highest BCUT2D eigenvalue weighted by atomic mass is 32.1. The van der Waals surface area contributed by atoms with Crippen LogP contribution in [0.25, 0.3) is 10.6 Å². The number of thiazole rings is 1. The van der Waals surface area contributed by atoms with Crippen LogP contribution in [0.4, 0.5) is 5.13 Å². The number of thiophene rings is 1. The van der Waals surface area contributed by atoms with Gasteiger partial charge in [-0.1, -0.05) is 24.3 Å². The molecule has 3 rings (SSSR count). The minimum absolute atomic E-state index is 0.0349. The number of nitrogens with two attached hydrogens (primary N) is 1. The molecule has 0 radical (unpaired) electrons. The Hall–Kier alpha value is -2.71. The van der Waals surface area contributed by atoms with Crippen molar-refractivity contribution in [2.24, 2.45) is 10.7 Å². The molecule has 6 nitrogen and oxygen atoms in total. The average Bonchev–Trinajstić information content (AvgIpc) is 3.31. The van der Waals surface area contributed by atoms with Crippen LogP contribution >= 0.6 is 22.7 Å². The maximum Gasteiger partial charge on any atom is 0.217 e. The molecule has 0 unspecified atom stereocenters. The zero-order valence-corrected chi connectivity index (χ0v) is 17.5. The lowest BCUT2D eigenvalue weighted by molar-refractivity contribution is -0.119. The molecule has 1 amide bonds. The van der Waals surface area contributed by atoms with Crippen LogP contribution in [0.5, 0.6) is 0 Å². The quantitative estimate of drug-likeness (QED) is 0.406. The smallest absolute Gasteiger partial charge is 0.217 e. The molecule has 0 bridgehead atoms. The Morgan fingerprint density at radius 1 is 1.25 bits per heavy atom. The van der Waals surface area contributed by atoms with E-state index in [0.717, 1.165) is 21.9 Å². The molecule has 1 aromatic carbocycles. The summed E-state index contributed by atoms with van der Waals surface area (Å²) in [6.45, 7) is 4.78. The third-order valence-corrected chi connectivity index (χ3v) is 5.95. The largest absolute Gasteiger partial charge is 0.370 e. The minimum Gasteiger partial charge on any atom is -0.370 e. The summed E-state index contributed by atoms with van der Waals surface area (Å²) in [6.07, 6.45) is 0.852. The van der Waals surface area contributed by atoms with Gasteiger partial charge in [-0.2, -0.15) is 0 Å². The standard InChI is InChI=1S/C20H23N5OS2/c1-13-5-3-4-6-15(13)9-10-22-19(21)25-20-24-17(12-27-20)18-8-7-16(28-18)11-23-14(2)26/h3-8,12H,9-11H2,1-2H3,(H,23,26)(H3,21,22,24,25). The molecule has 8 heteroatoms. The van der Waals surface area contributed by atoms with Crippen molar-refractivity contribution in [3.8, 4) is 10.6 Å². The molecule has 2 heterocycles. The van der Waals surface area contributed by atoms with Crippen molar-refractivity contribution >= 4 is 39.7 Å². The van der Waals surface area contributed by atoms with Gasteiger partial charge in [0.05, 0.1) is 17.1 Å². The van der Waals surface area contributed by atoms with E-state index in [0.29, 0.717) is 24.2 Å². The summed E-state index contributed by atoms with van der Waals surface area (Å²) in [5.41, 5.74) is 9.43. The molecule has 0 atom stereocenters. The van der Waals surface area contributed by atoms with Crippen LogP contribution in [-0.4, -0.2) is 23.4 Å². The van der Waals surface area contributed by atoms with Gasteiger partial charge in [-0.05, 0) is 36.6 Å². The van der Waals surface area contributed by atoms with Crippen molar-refractivity contribution in [2.75, 3.05) is 11.9 Å². The molecule has 2 aromatic heterocycles. The van der Waals surface area contributed by atoms with Crippen LogP contribution in [-0.2, 0) is 17.8 Å². The summed E-state index contributed by atoms with van der Waals surface area (Å²) in [5, 5.41) is 8.56. The lowest BCUT2D eigenvalue weighted by atomic mass is 10.1. The van der Waals surface area contributed by atoms with Gasteiger partial charge in [0.15, 0.2) is 11.1 Å². The van der Waals surface area contributed by atoms with Crippen LogP contribution in [0.3, 0.4) is 0 Å². The molecule has 0 saturated heterocycles. The molecule has 0 aliphatic rings. The van der Waals surface area contributed by atoms with Crippen LogP contribution in [0.1, 0.15) is 22.9 Å². The van der Waals surface area contributed by atoms with Gasteiger partial charge in [-0.15, -0.1) is 22.7 Å². The minimum atomic E-state index is -0.0349. The molecule has 4 N–H and O–H groups in total. The maximum absolute atomic E-state index is 11.0. The van der Waals surface area contributed by atoms with Gasteiger partial charge in [0.1, 0.15) is 0 Å². The molecule has 0 aliphatic heterocycles. The Morgan fingerprint density at radius 3 is 2.86 bits per heavy atom. The Kier molecular flexibility index (Phi) is 6.78. The van der Waals surface area contributed by atoms with Gasteiger partial charge in [0, 0.05) is 23.7 Å². The number of aromatic nitrogens is 1. The number of rotatable bonds is 7. The van der Waals surface area contributed by atoms with Crippen molar-refractivity contribution in [1.82, 2.24) is 10.3 Å². The van der Waals surface area contributed by atoms with E-state index in [9.17, 15) is 4.79 Å². The molecular weight excluding hydrogens is 390 g/mol. The second-order valence-corrected chi connectivity index (χ2v) is 8.31. The Bertz CT molecular complexity index is 976. The summed E-state index contributed by atoms with van der Waals surface area (Å²) in [4.78, 5) is 22.1. The summed E-state index contributed by atoms with van der Waals surface area (Å²) in [7, 11) is 0. The lowest BCUT2D eigenvalue weighted by Crippen LogP contribution is -2.23. The van der Waals surface area contributed by atoms with Gasteiger partial charge in [-0.3, -0.25) is 9.79 Å². The van der Waals surface area contributed by atoms with Crippen molar-refractivity contribution in [1.29, 1.82) is 0 Å². The van der Waals surface area contributed by atoms with E-state index in [1.165, 1.54) is 29.4 Å². The number of guanidine groups is 1. The fourth-order valence-electron chi connectivity index (χ4n) is 2.60. The predicted molar refractivity (Wildman–Crippen MR) is 118 cm³/mol. The van der Waals surface area contributed by atoms with Crippen molar-refractivity contribution in [3.63, 3.8) is 0 Å². The Balaban J connectivity index is 1.55. The van der Waals surface area contributed by atoms with E-state index < -0.39 is 0 Å². The van der Waals surface area contributed by atoms with Gasteiger partial charge in [0.25, 0.3) is 0 Å². The SMILES string of the molecule is CC(=O)NCc1ccc(-c2csc(NC(N)=NCCc3ccccc3C)n2)s1. The maximum atomic E-state index is 11.0. The van der Waals surface area contributed by atoms with E-state index in [4.69, 9.17) is 5.73 Å². The van der Waals surface area contributed by atoms with E-state index >= 15 is 0 Å². The number of aliphatic imine (C=N–C) groups is 1. The zero-order valence-electron chi connectivity index (χ0n) is 15.9. The summed E-state index contributed by atoms with van der Waals surface area (Å²) < 4.78 is 0. The molecule has 0 fully saturated rings. The lowest BCUT2D eigenvalue weighted by Gasteiger charge is -2.04. The number of carbonyl (C=O) groups is 1. The highest BCUT2D eigenvalue weighted by molar-refractivity contribution is 7.17. The third-order valence-electron chi connectivity index (χ3n) is 4.09. The molecule has 0 saturated carbocycles. The van der Waals surface area contributed by atoms with E-state index in [1.54, 1.807) is 11.3 Å².